The molecule has 0 bridgehead atoms. The van der Waals surface area contributed by atoms with Gasteiger partial charge in [0.1, 0.15) is 6.54 Å². The van der Waals surface area contributed by atoms with Crippen molar-refractivity contribution < 1.29 is 14.3 Å². The summed E-state index contributed by atoms with van der Waals surface area (Å²) in [5, 5.41) is 2.54. The summed E-state index contributed by atoms with van der Waals surface area (Å²) in [5.41, 5.74) is 1.10. The van der Waals surface area contributed by atoms with E-state index < -0.39 is 5.97 Å². The lowest BCUT2D eigenvalue weighted by Gasteiger charge is -2.11. The Morgan fingerprint density at radius 1 is 1.29 bits per heavy atom. The van der Waals surface area contributed by atoms with E-state index in [9.17, 15) is 9.59 Å². The number of benzene rings is 1. The average Bonchev–Trinajstić information content (AvgIpc) is 2.36. The molecule has 1 N–H and O–H groups in total. The van der Waals surface area contributed by atoms with Crippen molar-refractivity contribution in [2.24, 2.45) is 5.92 Å². The van der Waals surface area contributed by atoms with Crippen molar-refractivity contribution in [1.29, 1.82) is 0 Å². The van der Waals surface area contributed by atoms with Crippen LogP contribution in [0.3, 0.4) is 0 Å². The van der Waals surface area contributed by atoms with E-state index in [0.29, 0.717) is 6.42 Å². The SMILES string of the molecule is COC(=O)CNC(=O)[C@@H](C)Cc1ccccc1. The van der Waals surface area contributed by atoms with Crippen LogP contribution in [0.15, 0.2) is 30.3 Å². The summed E-state index contributed by atoms with van der Waals surface area (Å²) < 4.78 is 4.44. The highest BCUT2D eigenvalue weighted by Gasteiger charge is 2.14. The quantitative estimate of drug-likeness (QED) is 0.779. The fraction of sp³-hybridized carbons (Fsp3) is 0.385. The Morgan fingerprint density at radius 2 is 1.94 bits per heavy atom. The first-order chi connectivity index (χ1) is 8.13. The average molecular weight is 235 g/mol. The van der Waals surface area contributed by atoms with Gasteiger partial charge in [-0.15, -0.1) is 0 Å². The molecule has 1 aromatic carbocycles. The predicted octanol–water partition coefficient (Wildman–Crippen LogP) is 1.15. The normalized spacial score (nSPS) is 11.6. The highest BCUT2D eigenvalue weighted by atomic mass is 16.5. The summed E-state index contributed by atoms with van der Waals surface area (Å²) in [6, 6.07) is 9.77. The van der Waals surface area contributed by atoms with Crippen molar-refractivity contribution in [1.82, 2.24) is 5.32 Å². The molecular weight excluding hydrogens is 218 g/mol. The van der Waals surface area contributed by atoms with Crippen LogP contribution in [0.5, 0.6) is 0 Å². The van der Waals surface area contributed by atoms with Crippen LogP contribution in [-0.2, 0) is 20.7 Å². The lowest BCUT2D eigenvalue weighted by Crippen LogP contribution is -2.34. The van der Waals surface area contributed by atoms with Crippen LogP contribution >= 0.6 is 0 Å². The van der Waals surface area contributed by atoms with Crippen molar-refractivity contribution in [3.05, 3.63) is 35.9 Å². The molecule has 0 aliphatic carbocycles. The summed E-state index contributed by atoms with van der Waals surface area (Å²) in [6.45, 7) is 1.76. The number of carbonyl (C=O) groups excluding carboxylic acids is 2. The van der Waals surface area contributed by atoms with Crippen molar-refractivity contribution >= 4 is 11.9 Å². The van der Waals surface area contributed by atoms with Gasteiger partial charge in [0, 0.05) is 5.92 Å². The third kappa shape index (κ3) is 4.68. The van der Waals surface area contributed by atoms with Crippen LogP contribution < -0.4 is 5.32 Å². The van der Waals surface area contributed by atoms with Gasteiger partial charge < -0.3 is 10.1 Å². The van der Waals surface area contributed by atoms with E-state index in [4.69, 9.17) is 0 Å². The number of hydrogen-bond donors (Lipinski definition) is 1. The molecule has 17 heavy (non-hydrogen) atoms. The monoisotopic (exact) mass is 235 g/mol. The molecule has 4 nitrogen and oxygen atoms in total. The topological polar surface area (TPSA) is 55.4 Å². The maximum Gasteiger partial charge on any atom is 0.325 e. The molecule has 0 aromatic heterocycles. The summed E-state index contributed by atoms with van der Waals surface area (Å²) in [5.74, 6) is -0.744. The number of esters is 1. The Morgan fingerprint density at radius 3 is 2.53 bits per heavy atom. The molecule has 0 saturated carbocycles. The Kier molecular flexibility index (Phi) is 5.20. The largest absolute Gasteiger partial charge is 0.468 e. The second kappa shape index (κ2) is 6.68. The third-order valence-electron chi connectivity index (χ3n) is 2.47. The van der Waals surface area contributed by atoms with Crippen molar-refractivity contribution in [3.63, 3.8) is 0 Å². The molecule has 1 aromatic rings. The van der Waals surface area contributed by atoms with Gasteiger partial charge in [-0.2, -0.15) is 0 Å². The van der Waals surface area contributed by atoms with Crippen LogP contribution in [0.4, 0.5) is 0 Å². The van der Waals surface area contributed by atoms with E-state index in [1.54, 1.807) is 0 Å². The van der Waals surface area contributed by atoms with Gasteiger partial charge in [0.05, 0.1) is 7.11 Å². The van der Waals surface area contributed by atoms with E-state index in [-0.39, 0.29) is 18.4 Å². The van der Waals surface area contributed by atoms with Gasteiger partial charge in [-0.05, 0) is 12.0 Å². The zero-order valence-corrected chi connectivity index (χ0v) is 10.1. The molecule has 92 valence electrons. The predicted molar refractivity (Wildman–Crippen MR) is 64.3 cm³/mol. The van der Waals surface area contributed by atoms with Gasteiger partial charge in [-0.3, -0.25) is 9.59 Å². The van der Waals surface area contributed by atoms with Crippen LogP contribution in [0.2, 0.25) is 0 Å². The van der Waals surface area contributed by atoms with E-state index in [2.05, 4.69) is 10.1 Å². The zero-order valence-electron chi connectivity index (χ0n) is 10.1. The summed E-state index contributed by atoms with van der Waals surface area (Å²) in [4.78, 5) is 22.5. The molecule has 0 aliphatic heterocycles. The second-order valence-electron chi connectivity index (χ2n) is 3.88. The van der Waals surface area contributed by atoms with Gasteiger partial charge in [-0.25, -0.2) is 0 Å². The Labute approximate surface area is 101 Å². The first kappa shape index (κ1) is 13.2. The van der Waals surface area contributed by atoms with Gasteiger partial charge in [0.15, 0.2) is 0 Å². The molecule has 0 saturated heterocycles. The molecule has 4 heteroatoms. The molecule has 1 atom stereocenters. The van der Waals surface area contributed by atoms with Gasteiger partial charge in [0.2, 0.25) is 5.91 Å². The number of carbonyl (C=O) groups is 2. The number of methoxy groups -OCH3 is 1. The Balaban J connectivity index is 2.40. The molecule has 0 heterocycles. The molecule has 0 radical (unpaired) electrons. The minimum atomic E-state index is -0.440. The van der Waals surface area contributed by atoms with Gasteiger partial charge >= 0.3 is 5.97 Å². The molecule has 0 spiro atoms. The zero-order chi connectivity index (χ0) is 12.7. The van der Waals surface area contributed by atoms with E-state index in [0.717, 1.165) is 5.56 Å². The maximum atomic E-state index is 11.6. The lowest BCUT2D eigenvalue weighted by molar-refractivity contribution is -0.141. The summed E-state index contributed by atoms with van der Waals surface area (Å²) in [7, 11) is 1.29. The summed E-state index contributed by atoms with van der Waals surface area (Å²) in [6.07, 6.45) is 0.661. The fourth-order valence-corrected chi connectivity index (χ4v) is 1.47. The van der Waals surface area contributed by atoms with Gasteiger partial charge in [0.25, 0.3) is 0 Å². The van der Waals surface area contributed by atoms with Crippen LogP contribution in [0, 0.1) is 5.92 Å². The van der Waals surface area contributed by atoms with E-state index >= 15 is 0 Å². The number of nitrogens with one attached hydrogen (secondary N) is 1. The minimum Gasteiger partial charge on any atom is -0.468 e. The molecular formula is C13H17NO3. The maximum absolute atomic E-state index is 11.6. The van der Waals surface area contributed by atoms with Gasteiger partial charge in [-0.1, -0.05) is 37.3 Å². The number of rotatable bonds is 5. The standard InChI is InChI=1S/C13H17NO3/c1-10(8-11-6-4-3-5-7-11)13(16)14-9-12(15)17-2/h3-7,10H,8-9H2,1-2H3,(H,14,16)/t10-/m0/s1. The van der Waals surface area contributed by atoms with Crippen LogP contribution in [0.1, 0.15) is 12.5 Å². The highest BCUT2D eigenvalue weighted by molar-refractivity contribution is 5.83. The van der Waals surface area contributed by atoms with E-state index in [1.807, 2.05) is 37.3 Å². The molecule has 1 rings (SSSR count). The summed E-state index contributed by atoms with van der Waals surface area (Å²) >= 11 is 0. The van der Waals surface area contributed by atoms with Crippen LogP contribution in [-0.4, -0.2) is 25.5 Å². The van der Waals surface area contributed by atoms with Crippen LogP contribution in [0.25, 0.3) is 0 Å². The highest BCUT2D eigenvalue weighted by Crippen LogP contribution is 2.07. The number of amides is 1. The van der Waals surface area contributed by atoms with Crippen molar-refractivity contribution in [2.75, 3.05) is 13.7 Å². The van der Waals surface area contributed by atoms with Crippen molar-refractivity contribution in [2.45, 2.75) is 13.3 Å². The van der Waals surface area contributed by atoms with E-state index in [1.165, 1.54) is 7.11 Å². The molecule has 0 fully saturated rings. The first-order valence-electron chi connectivity index (χ1n) is 5.52. The van der Waals surface area contributed by atoms with Crippen molar-refractivity contribution in [3.8, 4) is 0 Å². The Hall–Kier alpha value is -1.84. The fourth-order valence-electron chi connectivity index (χ4n) is 1.47. The Bertz CT molecular complexity index is 376. The third-order valence-corrected chi connectivity index (χ3v) is 2.47. The molecule has 0 unspecified atom stereocenters. The molecule has 0 aliphatic rings. The first-order valence-corrected chi connectivity index (χ1v) is 5.52. The number of hydrogen-bond acceptors (Lipinski definition) is 3. The molecule has 1 amide bonds. The number of ether oxygens (including phenoxy) is 1. The minimum absolute atomic E-state index is 0.0749. The lowest BCUT2D eigenvalue weighted by atomic mass is 10.0. The second-order valence-corrected chi connectivity index (χ2v) is 3.88. The smallest absolute Gasteiger partial charge is 0.325 e.